The van der Waals surface area contributed by atoms with Crippen molar-refractivity contribution in [2.75, 3.05) is 5.32 Å². The van der Waals surface area contributed by atoms with Crippen LogP contribution in [0.3, 0.4) is 0 Å². The van der Waals surface area contributed by atoms with Gasteiger partial charge in [0.25, 0.3) is 10.0 Å². The summed E-state index contributed by atoms with van der Waals surface area (Å²) in [6, 6.07) is 19.2. The third kappa shape index (κ3) is 5.45. The summed E-state index contributed by atoms with van der Waals surface area (Å²) in [7, 11) is -3.86. The van der Waals surface area contributed by atoms with Crippen LogP contribution < -0.4 is 10.6 Å². The molecular weight excluding hydrogens is 514 g/mol. The van der Waals surface area contributed by atoms with E-state index in [-0.39, 0.29) is 35.2 Å². The van der Waals surface area contributed by atoms with Crippen molar-refractivity contribution in [2.45, 2.75) is 49.8 Å². The number of carbonyl (C=O) groups is 1. The highest BCUT2D eigenvalue weighted by Gasteiger charge is 2.35. The van der Waals surface area contributed by atoms with Crippen LogP contribution in [0.5, 0.6) is 0 Å². The zero-order chi connectivity index (χ0) is 27.4. The molecule has 2 heterocycles. The summed E-state index contributed by atoms with van der Waals surface area (Å²) in [5.74, 6) is 0.237. The summed E-state index contributed by atoms with van der Waals surface area (Å²) in [5, 5.41) is 7.05. The lowest BCUT2D eigenvalue weighted by Gasteiger charge is -2.22. The van der Waals surface area contributed by atoms with E-state index in [0.717, 1.165) is 22.4 Å². The number of hydrogen-bond acceptors (Lipinski definition) is 6. The van der Waals surface area contributed by atoms with Gasteiger partial charge in [0.15, 0.2) is 5.65 Å². The molecular formula is C29H29N5O4S. The maximum Gasteiger partial charge on any atom is 0.407 e. The van der Waals surface area contributed by atoms with Crippen LogP contribution in [-0.2, 0) is 21.4 Å². The fourth-order valence-electron chi connectivity index (χ4n) is 5.18. The van der Waals surface area contributed by atoms with Crippen LogP contribution in [0, 0.1) is 12.5 Å². The number of fused-ring (bicyclic) bond motifs is 1. The molecule has 0 radical (unpaired) electrons. The number of pyridine rings is 1. The molecule has 2 N–H and O–H groups in total. The molecule has 10 heteroatoms. The molecule has 2 aromatic heterocycles. The Morgan fingerprint density at radius 3 is 2.51 bits per heavy atom. The number of hydrogen-bond donors (Lipinski definition) is 2. The van der Waals surface area contributed by atoms with Crippen molar-refractivity contribution < 1.29 is 17.9 Å². The number of ether oxygens (including phenoxy) is 1. The van der Waals surface area contributed by atoms with Crippen molar-refractivity contribution in [3.63, 3.8) is 0 Å². The Bertz CT molecular complexity index is 1610. The van der Waals surface area contributed by atoms with Crippen LogP contribution in [0.1, 0.15) is 31.7 Å². The molecule has 5 rings (SSSR count). The molecule has 9 nitrogen and oxygen atoms in total. The Balaban J connectivity index is 1.35. The molecule has 0 bridgehead atoms. The van der Waals surface area contributed by atoms with Crippen molar-refractivity contribution in [3.8, 4) is 0 Å². The van der Waals surface area contributed by atoms with Crippen molar-refractivity contribution >= 4 is 38.5 Å². The van der Waals surface area contributed by atoms with Gasteiger partial charge in [-0.25, -0.2) is 27.0 Å². The van der Waals surface area contributed by atoms with Gasteiger partial charge in [-0.1, -0.05) is 61.9 Å². The zero-order valence-electron chi connectivity index (χ0n) is 21.4. The number of alkyl carbamates (subject to hydrolysis) is 1. The Hall–Kier alpha value is -4.36. The van der Waals surface area contributed by atoms with E-state index in [0.29, 0.717) is 23.2 Å². The van der Waals surface area contributed by atoms with E-state index in [2.05, 4.69) is 27.4 Å². The zero-order valence-corrected chi connectivity index (χ0v) is 22.3. The number of nitrogens with one attached hydrogen (secondary N) is 2. The highest BCUT2D eigenvalue weighted by atomic mass is 32.2. The predicted octanol–water partition coefficient (Wildman–Crippen LogP) is 5.72. The van der Waals surface area contributed by atoms with E-state index in [1.807, 2.05) is 30.3 Å². The van der Waals surface area contributed by atoms with Crippen LogP contribution in [0.15, 0.2) is 84.0 Å². The molecule has 1 aliphatic rings. The minimum Gasteiger partial charge on any atom is -0.445 e. The van der Waals surface area contributed by atoms with E-state index < -0.39 is 16.1 Å². The number of amides is 1. The van der Waals surface area contributed by atoms with Gasteiger partial charge in [-0.15, -0.1) is 0 Å². The number of rotatable bonds is 8. The van der Waals surface area contributed by atoms with Gasteiger partial charge < -0.3 is 15.4 Å². The van der Waals surface area contributed by atoms with E-state index in [1.54, 1.807) is 24.3 Å². The number of nitrogens with zero attached hydrogens (tertiary/aromatic N) is 3. The van der Waals surface area contributed by atoms with E-state index >= 15 is 0 Å². The van der Waals surface area contributed by atoms with E-state index in [1.165, 1.54) is 24.5 Å². The molecule has 200 valence electrons. The molecule has 1 saturated carbocycles. The maximum absolute atomic E-state index is 13.3. The summed E-state index contributed by atoms with van der Waals surface area (Å²) in [6.45, 7) is 9.98. The monoisotopic (exact) mass is 543 g/mol. The topological polar surface area (TPSA) is 107 Å². The third-order valence-corrected chi connectivity index (χ3v) is 8.85. The van der Waals surface area contributed by atoms with Gasteiger partial charge in [-0.05, 0) is 42.5 Å². The van der Waals surface area contributed by atoms with E-state index in [4.69, 9.17) is 11.3 Å². The average Bonchev–Trinajstić information content (AvgIpc) is 3.57. The standard InChI is InChI=1S/C29H29N5O4S/c1-3-21-16-22(32-29(35)38-19-20-10-6-4-7-11-20)17-25(21)33-27-24-14-15-34(28(24)31-18-26(27)30-2)39(36,37)23-12-8-5-9-13-23/h4-15,18,21-22,25H,3,16-17,19H2,1H3,(H,31,33)(H,32,35)/t21-,22?,25+/m1/s1. The normalized spacial score (nSPS) is 18.9. The molecule has 39 heavy (non-hydrogen) atoms. The molecule has 0 spiro atoms. The van der Waals surface area contributed by atoms with Crippen LogP contribution in [0.25, 0.3) is 15.9 Å². The fraction of sp³-hybridized carbons (Fsp3) is 0.276. The largest absolute Gasteiger partial charge is 0.445 e. The Morgan fingerprint density at radius 2 is 1.82 bits per heavy atom. The molecule has 0 aliphatic heterocycles. The van der Waals surface area contributed by atoms with Crippen LogP contribution in [0.2, 0.25) is 0 Å². The molecule has 2 aromatic carbocycles. The molecule has 1 aliphatic carbocycles. The minimum absolute atomic E-state index is 0.0328. The van der Waals surface area contributed by atoms with Crippen molar-refractivity contribution in [3.05, 3.63) is 96.1 Å². The first-order chi connectivity index (χ1) is 18.9. The molecule has 1 fully saturated rings. The Morgan fingerprint density at radius 1 is 1.10 bits per heavy atom. The SMILES string of the molecule is [C-]#[N+]c1cnc2c(ccn2S(=O)(=O)c2ccccc2)c1N[C@H]1CC(NC(=O)OCc2ccccc2)C[C@H]1CC. The number of aromatic nitrogens is 2. The summed E-state index contributed by atoms with van der Waals surface area (Å²) in [4.78, 5) is 20.6. The third-order valence-electron chi connectivity index (χ3n) is 7.16. The smallest absolute Gasteiger partial charge is 0.407 e. The van der Waals surface area contributed by atoms with Gasteiger partial charge in [0.1, 0.15) is 6.61 Å². The lowest BCUT2D eigenvalue weighted by Crippen LogP contribution is -2.34. The van der Waals surface area contributed by atoms with Gasteiger partial charge >= 0.3 is 6.09 Å². The predicted molar refractivity (Wildman–Crippen MR) is 149 cm³/mol. The first-order valence-electron chi connectivity index (χ1n) is 12.8. The second-order valence-electron chi connectivity index (χ2n) is 9.59. The summed E-state index contributed by atoms with van der Waals surface area (Å²) < 4.78 is 33.1. The average molecular weight is 544 g/mol. The Labute approximate surface area is 227 Å². The number of benzene rings is 2. The Kier molecular flexibility index (Phi) is 7.52. The first-order valence-corrected chi connectivity index (χ1v) is 14.3. The summed E-state index contributed by atoms with van der Waals surface area (Å²) in [5.41, 5.74) is 2.03. The van der Waals surface area contributed by atoms with Gasteiger partial charge in [0.05, 0.1) is 17.2 Å². The van der Waals surface area contributed by atoms with E-state index in [9.17, 15) is 13.2 Å². The molecule has 1 amide bonds. The molecule has 0 saturated heterocycles. The molecule has 1 unspecified atom stereocenters. The van der Waals surface area contributed by atoms with Gasteiger partial charge in [0.2, 0.25) is 5.69 Å². The second kappa shape index (κ2) is 11.2. The highest BCUT2D eigenvalue weighted by Crippen LogP contribution is 2.38. The van der Waals surface area contributed by atoms with Crippen LogP contribution >= 0.6 is 0 Å². The summed E-state index contributed by atoms with van der Waals surface area (Å²) in [6.07, 6.45) is 4.69. The maximum atomic E-state index is 13.3. The minimum atomic E-state index is -3.86. The van der Waals surface area contributed by atoms with Crippen LogP contribution in [-0.4, -0.2) is 35.6 Å². The second-order valence-corrected chi connectivity index (χ2v) is 11.4. The highest BCUT2D eigenvalue weighted by molar-refractivity contribution is 7.90. The van der Waals surface area contributed by atoms with Crippen molar-refractivity contribution in [2.24, 2.45) is 5.92 Å². The lowest BCUT2D eigenvalue weighted by atomic mass is 10.00. The first kappa shape index (κ1) is 26.3. The van der Waals surface area contributed by atoms with Gasteiger partial charge in [-0.3, -0.25) is 0 Å². The quantitative estimate of drug-likeness (QED) is 0.275. The molecule has 3 atom stereocenters. The fourth-order valence-corrected chi connectivity index (χ4v) is 6.50. The number of anilines is 1. The number of carbonyl (C=O) groups excluding carboxylic acids is 1. The van der Waals surface area contributed by atoms with Crippen molar-refractivity contribution in [1.29, 1.82) is 0 Å². The molecule has 4 aromatic rings. The van der Waals surface area contributed by atoms with Crippen LogP contribution in [0.4, 0.5) is 16.2 Å². The lowest BCUT2D eigenvalue weighted by molar-refractivity contribution is 0.135. The summed E-state index contributed by atoms with van der Waals surface area (Å²) >= 11 is 0. The van der Waals surface area contributed by atoms with Gasteiger partial charge in [0, 0.05) is 29.9 Å². The van der Waals surface area contributed by atoms with Crippen molar-refractivity contribution in [1.82, 2.24) is 14.3 Å². The van der Waals surface area contributed by atoms with Gasteiger partial charge in [-0.2, -0.15) is 0 Å².